The molecule has 0 saturated heterocycles. The Morgan fingerprint density at radius 1 is 1.50 bits per heavy atom. The van der Waals surface area contributed by atoms with Crippen LogP contribution in [0.2, 0.25) is 0 Å². The minimum atomic E-state index is -1.31. The molecular weight excluding hydrogens is 132 g/mol. The van der Waals surface area contributed by atoms with Crippen LogP contribution >= 0.6 is 0 Å². The first-order valence-electron chi connectivity index (χ1n) is 3.17. The Morgan fingerprint density at radius 2 is 2.10 bits per heavy atom. The molecule has 7 heteroatoms. The lowest BCUT2D eigenvalue weighted by molar-refractivity contribution is 0.270. The molecule has 10 heavy (non-hydrogen) atoms. The molecular formula is C3H10B3O4. The van der Waals surface area contributed by atoms with E-state index in [2.05, 4.69) is 4.65 Å². The Labute approximate surface area is 61.7 Å². The molecule has 0 amide bonds. The summed E-state index contributed by atoms with van der Waals surface area (Å²) in [5, 5.41) is 25.6. The summed E-state index contributed by atoms with van der Waals surface area (Å²) in [6.07, 6.45) is 0.759. The van der Waals surface area contributed by atoms with Gasteiger partial charge in [0.15, 0.2) is 0 Å². The summed E-state index contributed by atoms with van der Waals surface area (Å²) in [6, 6.07) is 0. The Kier molecular flexibility index (Phi) is 5.81. The van der Waals surface area contributed by atoms with Crippen LogP contribution in [0.1, 0.15) is 13.3 Å². The monoisotopic (exact) mass is 143 g/mol. The van der Waals surface area contributed by atoms with Crippen molar-refractivity contribution in [3.63, 3.8) is 0 Å². The molecule has 55 valence electrons. The lowest BCUT2D eigenvalue weighted by Gasteiger charge is -2.06. The first-order valence-corrected chi connectivity index (χ1v) is 3.17. The van der Waals surface area contributed by atoms with Crippen LogP contribution in [-0.4, -0.2) is 42.8 Å². The second kappa shape index (κ2) is 5.79. The molecule has 0 rings (SSSR count). The first kappa shape index (κ1) is 10.0. The van der Waals surface area contributed by atoms with E-state index in [-0.39, 0.29) is 0 Å². The van der Waals surface area contributed by atoms with E-state index in [0.29, 0.717) is 14.0 Å². The number of hydrogen-bond acceptors (Lipinski definition) is 4. The summed E-state index contributed by atoms with van der Waals surface area (Å²) >= 11 is 0. The molecule has 0 fully saturated rings. The van der Waals surface area contributed by atoms with Crippen molar-refractivity contribution in [2.75, 3.05) is 6.61 Å². The van der Waals surface area contributed by atoms with Crippen molar-refractivity contribution in [2.45, 2.75) is 13.3 Å². The van der Waals surface area contributed by atoms with Crippen molar-refractivity contribution in [2.24, 2.45) is 0 Å². The maximum absolute atomic E-state index is 8.79. The fourth-order valence-corrected chi connectivity index (χ4v) is 0.411. The zero-order valence-corrected chi connectivity index (χ0v) is 5.90. The average Bonchev–Trinajstić information content (AvgIpc) is 1.98. The first-order chi connectivity index (χ1) is 4.72. The van der Waals surface area contributed by atoms with Crippen LogP contribution in [-0.2, 0) is 4.65 Å². The zero-order chi connectivity index (χ0) is 7.98. The van der Waals surface area contributed by atoms with Crippen molar-refractivity contribution in [3.8, 4) is 0 Å². The molecule has 0 aromatic heterocycles. The van der Waals surface area contributed by atoms with Gasteiger partial charge in [-0.15, -0.1) is 0 Å². The maximum atomic E-state index is 8.79. The summed E-state index contributed by atoms with van der Waals surface area (Å²) in [6.45, 7) is 0.930. The summed E-state index contributed by atoms with van der Waals surface area (Å²) in [4.78, 5) is 0. The van der Waals surface area contributed by atoms with Crippen molar-refractivity contribution >= 4 is 21.1 Å². The molecule has 0 saturated carbocycles. The molecule has 1 radical (unpaired) electrons. The highest BCUT2D eigenvalue weighted by molar-refractivity contribution is 7.37. The lowest BCUT2D eigenvalue weighted by Crippen LogP contribution is -2.44. The normalized spacial score (nSPS) is 9.20. The summed E-state index contributed by atoms with van der Waals surface area (Å²) < 4.78 is 4.66. The van der Waals surface area contributed by atoms with Crippen molar-refractivity contribution < 1.29 is 19.7 Å². The summed E-state index contributed by atoms with van der Waals surface area (Å²) in [7, 11) is -0.828. The van der Waals surface area contributed by atoms with Gasteiger partial charge in [0.2, 0.25) is 0 Å². The van der Waals surface area contributed by atoms with Gasteiger partial charge < -0.3 is 19.7 Å². The predicted molar refractivity (Wildman–Crippen MR) is 40.2 cm³/mol. The molecule has 0 unspecified atom stereocenters. The molecule has 3 N–H and O–H groups in total. The quantitative estimate of drug-likeness (QED) is 0.391. The molecule has 4 nitrogen and oxygen atoms in total. The minimum Gasteiger partial charge on any atom is -0.461 e. The Bertz CT molecular complexity index is 82.1. The van der Waals surface area contributed by atoms with Gasteiger partial charge in [-0.2, -0.15) is 0 Å². The molecule has 0 bridgehead atoms. The predicted octanol–water partition coefficient (Wildman–Crippen LogP) is -1.94. The number of rotatable bonds is 5. The van der Waals surface area contributed by atoms with Gasteiger partial charge in [-0.1, -0.05) is 6.92 Å². The second-order valence-corrected chi connectivity index (χ2v) is 1.90. The van der Waals surface area contributed by atoms with Crippen molar-refractivity contribution in [1.29, 1.82) is 0 Å². The van der Waals surface area contributed by atoms with Crippen molar-refractivity contribution in [3.05, 3.63) is 0 Å². The molecule has 0 aromatic carbocycles. The van der Waals surface area contributed by atoms with Crippen LogP contribution in [0.15, 0.2) is 0 Å². The van der Waals surface area contributed by atoms with Gasteiger partial charge in [0, 0.05) is 6.61 Å². The van der Waals surface area contributed by atoms with E-state index in [1.807, 2.05) is 6.92 Å². The van der Waals surface area contributed by atoms with Gasteiger partial charge >= 0.3 is 13.7 Å². The number of hydrogen-bond donors (Lipinski definition) is 3. The SMILES string of the molecule is CCCOB(O)B(O)[B]O. The summed E-state index contributed by atoms with van der Waals surface area (Å²) in [5.74, 6) is 0. The highest BCUT2D eigenvalue weighted by Gasteiger charge is 2.29. The minimum absolute atomic E-state index is 0.367. The van der Waals surface area contributed by atoms with Crippen LogP contribution in [0.3, 0.4) is 0 Å². The Balaban J connectivity index is 3.31. The van der Waals surface area contributed by atoms with E-state index in [1.165, 1.54) is 0 Å². The third-order valence-electron chi connectivity index (χ3n) is 0.938. The van der Waals surface area contributed by atoms with Crippen molar-refractivity contribution in [1.82, 2.24) is 0 Å². The topological polar surface area (TPSA) is 69.9 Å². The lowest BCUT2D eigenvalue weighted by atomic mass is 9.21. The zero-order valence-electron chi connectivity index (χ0n) is 5.90. The fraction of sp³-hybridized carbons (Fsp3) is 1.00. The van der Waals surface area contributed by atoms with Crippen LogP contribution in [0.25, 0.3) is 0 Å². The van der Waals surface area contributed by atoms with E-state index in [4.69, 9.17) is 15.1 Å². The largest absolute Gasteiger partial charge is 0.461 e. The third-order valence-corrected chi connectivity index (χ3v) is 0.938. The van der Waals surface area contributed by atoms with E-state index < -0.39 is 13.7 Å². The standard InChI is InChI=1S/C3H10B3O4/c1-2-3-10-6(9)5(8)4-7/h7-9H,2-3H2,1H3. The van der Waals surface area contributed by atoms with Gasteiger partial charge in [-0.25, -0.2) is 0 Å². The van der Waals surface area contributed by atoms with Crippen LogP contribution in [0.5, 0.6) is 0 Å². The Morgan fingerprint density at radius 3 is 2.50 bits per heavy atom. The third kappa shape index (κ3) is 3.95. The van der Waals surface area contributed by atoms with Gasteiger partial charge in [-0.05, 0) is 6.42 Å². The molecule has 0 aliphatic carbocycles. The average molecular weight is 143 g/mol. The van der Waals surface area contributed by atoms with E-state index in [0.717, 1.165) is 6.42 Å². The van der Waals surface area contributed by atoms with Gasteiger partial charge in [-0.3, -0.25) is 0 Å². The maximum Gasteiger partial charge on any atom is 0.435 e. The molecule has 0 aliphatic rings. The highest BCUT2D eigenvalue weighted by atomic mass is 16.5. The molecule has 0 aromatic rings. The second-order valence-electron chi connectivity index (χ2n) is 1.90. The molecule has 0 heterocycles. The van der Waals surface area contributed by atoms with E-state index in [9.17, 15) is 0 Å². The highest BCUT2D eigenvalue weighted by Crippen LogP contribution is 1.86. The van der Waals surface area contributed by atoms with E-state index >= 15 is 0 Å². The van der Waals surface area contributed by atoms with E-state index in [1.54, 1.807) is 0 Å². The Hall–Kier alpha value is 0.0348. The molecule has 0 spiro atoms. The van der Waals surface area contributed by atoms with Gasteiger partial charge in [0.25, 0.3) is 7.37 Å². The van der Waals surface area contributed by atoms with Gasteiger partial charge in [0.1, 0.15) is 0 Å². The smallest absolute Gasteiger partial charge is 0.435 e. The van der Waals surface area contributed by atoms with Crippen LogP contribution < -0.4 is 0 Å². The van der Waals surface area contributed by atoms with Crippen LogP contribution in [0.4, 0.5) is 0 Å². The van der Waals surface area contributed by atoms with Crippen LogP contribution in [0, 0.1) is 0 Å². The molecule has 0 atom stereocenters. The molecule has 0 aliphatic heterocycles. The fourth-order valence-electron chi connectivity index (χ4n) is 0.411. The summed E-state index contributed by atoms with van der Waals surface area (Å²) in [5.41, 5.74) is 0. The van der Waals surface area contributed by atoms with Gasteiger partial charge in [0.05, 0.1) is 0 Å².